The summed E-state index contributed by atoms with van der Waals surface area (Å²) in [5.41, 5.74) is -8.54. The zero-order valence-electron chi connectivity index (χ0n) is 9.23. The maximum atomic E-state index is 13.4. The van der Waals surface area contributed by atoms with E-state index < -0.39 is 58.3 Å². The fraction of sp³-hybridized carbons (Fsp3) is 0.400. The van der Waals surface area contributed by atoms with Crippen molar-refractivity contribution in [2.24, 2.45) is 0 Å². The molecule has 0 heterocycles. The molecule has 0 unspecified atom stereocenters. The van der Waals surface area contributed by atoms with Crippen LogP contribution in [0.15, 0.2) is 0 Å². The number of hydrogen-bond donors (Lipinski definition) is 0. The van der Waals surface area contributed by atoms with Gasteiger partial charge in [-0.15, -0.1) is 0 Å². The Morgan fingerprint density at radius 2 is 1.00 bits per heavy atom. The summed E-state index contributed by atoms with van der Waals surface area (Å²) in [4.78, 5) is 0. The Kier molecular flexibility index (Phi) is 3.02. The third kappa shape index (κ3) is 1.57. The van der Waals surface area contributed by atoms with E-state index in [9.17, 15) is 48.3 Å². The highest BCUT2D eigenvalue weighted by molar-refractivity contribution is 5.49. The van der Waals surface area contributed by atoms with Crippen LogP contribution in [0.1, 0.15) is 23.1 Å². The molecule has 0 spiro atoms. The molecule has 0 amide bonds. The zero-order valence-corrected chi connectivity index (χ0v) is 9.23. The highest BCUT2D eigenvalue weighted by atomic mass is 19.3. The lowest BCUT2D eigenvalue weighted by Crippen LogP contribution is -2.43. The molecule has 21 heavy (non-hydrogen) atoms. The average molecular weight is 330 g/mol. The van der Waals surface area contributed by atoms with Crippen LogP contribution in [-0.2, 0) is 11.8 Å². The van der Waals surface area contributed by atoms with Crippen molar-refractivity contribution in [3.8, 4) is 0 Å². The van der Waals surface area contributed by atoms with Gasteiger partial charge in [-0.2, -0.15) is 26.3 Å². The normalized spacial score (nSPS) is 21.7. The summed E-state index contributed by atoms with van der Waals surface area (Å²) >= 11 is 0. The van der Waals surface area contributed by atoms with Gasteiger partial charge in [0.25, 0.3) is 6.43 Å². The van der Waals surface area contributed by atoms with Crippen molar-refractivity contribution >= 4 is 0 Å². The van der Waals surface area contributed by atoms with Crippen LogP contribution in [0.25, 0.3) is 0 Å². The lowest BCUT2D eigenvalue weighted by atomic mass is 10.0. The van der Waals surface area contributed by atoms with E-state index in [1.54, 1.807) is 0 Å². The first kappa shape index (κ1) is 15.8. The van der Waals surface area contributed by atoms with Crippen molar-refractivity contribution in [1.82, 2.24) is 0 Å². The molecule has 1 aromatic carbocycles. The quantitative estimate of drug-likeness (QED) is 0.509. The highest BCUT2D eigenvalue weighted by Gasteiger charge is 2.81. The van der Waals surface area contributed by atoms with Crippen LogP contribution in [0.4, 0.5) is 48.3 Å². The Morgan fingerprint density at radius 3 is 1.38 bits per heavy atom. The maximum absolute atomic E-state index is 13.4. The Labute approximate surface area is 108 Å². The summed E-state index contributed by atoms with van der Waals surface area (Å²) in [6.07, 6.45) is -4.22. The maximum Gasteiger partial charge on any atom is 0.380 e. The van der Waals surface area contributed by atoms with Gasteiger partial charge in [-0.1, -0.05) is 0 Å². The minimum absolute atomic E-state index is 2.61. The second-order valence-electron chi connectivity index (χ2n) is 4.13. The first-order valence-electron chi connectivity index (χ1n) is 4.93. The van der Waals surface area contributed by atoms with Crippen LogP contribution in [0, 0.1) is 17.5 Å². The molecule has 2 rings (SSSR count). The topological polar surface area (TPSA) is 0 Å². The largest absolute Gasteiger partial charge is 0.380 e. The van der Waals surface area contributed by atoms with E-state index in [0.717, 1.165) is 0 Å². The molecule has 0 nitrogen and oxygen atoms in total. The first-order chi connectivity index (χ1) is 9.30. The molecular formula is C10HF11. The summed E-state index contributed by atoms with van der Waals surface area (Å²) in [6.45, 7) is 0. The predicted molar refractivity (Wildman–Crippen MR) is 44.0 cm³/mol. The van der Waals surface area contributed by atoms with Crippen LogP contribution < -0.4 is 0 Å². The molecule has 0 aromatic heterocycles. The molecule has 0 bridgehead atoms. The SMILES string of the molecule is Fc1c(F)c2c(c(F)c1C(F)F)C(F)(F)C(F)(F)C2(F)F. The highest BCUT2D eigenvalue weighted by Crippen LogP contribution is 2.64. The smallest absolute Gasteiger partial charge is 0.206 e. The van der Waals surface area contributed by atoms with Gasteiger partial charge in [0.2, 0.25) is 0 Å². The number of halogens is 11. The van der Waals surface area contributed by atoms with E-state index >= 15 is 0 Å². The van der Waals surface area contributed by atoms with E-state index in [1.165, 1.54) is 0 Å². The summed E-state index contributed by atoms with van der Waals surface area (Å²) in [6, 6.07) is 0. The van der Waals surface area contributed by atoms with Crippen LogP contribution in [-0.4, -0.2) is 5.92 Å². The van der Waals surface area contributed by atoms with E-state index in [0.29, 0.717) is 0 Å². The molecule has 0 atom stereocenters. The molecule has 1 aliphatic carbocycles. The summed E-state index contributed by atoms with van der Waals surface area (Å²) < 4.78 is 143. The van der Waals surface area contributed by atoms with Gasteiger partial charge >= 0.3 is 17.8 Å². The molecule has 118 valence electrons. The predicted octanol–water partition coefficient (Wildman–Crippen LogP) is 4.87. The molecule has 0 saturated carbocycles. The van der Waals surface area contributed by atoms with Gasteiger partial charge < -0.3 is 0 Å². The lowest BCUT2D eigenvalue weighted by molar-refractivity contribution is -0.303. The second-order valence-corrected chi connectivity index (χ2v) is 4.13. The van der Waals surface area contributed by atoms with Crippen LogP contribution >= 0.6 is 0 Å². The fourth-order valence-corrected chi connectivity index (χ4v) is 1.97. The van der Waals surface area contributed by atoms with Crippen LogP contribution in [0.5, 0.6) is 0 Å². The first-order valence-corrected chi connectivity index (χ1v) is 4.93. The van der Waals surface area contributed by atoms with Crippen LogP contribution in [0.3, 0.4) is 0 Å². The van der Waals surface area contributed by atoms with Crippen molar-refractivity contribution in [2.75, 3.05) is 0 Å². The minimum atomic E-state index is -6.31. The Morgan fingerprint density at radius 1 is 0.619 bits per heavy atom. The van der Waals surface area contributed by atoms with Gasteiger partial charge in [0.15, 0.2) is 11.6 Å². The van der Waals surface area contributed by atoms with Crippen molar-refractivity contribution in [2.45, 2.75) is 24.2 Å². The number of fused-ring (bicyclic) bond motifs is 1. The van der Waals surface area contributed by atoms with E-state index in [1.807, 2.05) is 0 Å². The third-order valence-corrected chi connectivity index (χ3v) is 2.99. The average Bonchev–Trinajstić information content (AvgIpc) is 2.41. The van der Waals surface area contributed by atoms with Crippen molar-refractivity contribution < 1.29 is 48.3 Å². The van der Waals surface area contributed by atoms with Gasteiger partial charge in [0, 0.05) is 0 Å². The zero-order chi connectivity index (χ0) is 16.5. The fourth-order valence-electron chi connectivity index (χ4n) is 1.97. The molecule has 1 aromatic rings. The standard InChI is InChI=1S/C10HF11/c11-4-1(7(14)15)5(12)6(13)3-2(4)8(16,17)10(20,21)9(3,18)19/h7H. The van der Waals surface area contributed by atoms with E-state index in [2.05, 4.69) is 0 Å². The van der Waals surface area contributed by atoms with Crippen molar-refractivity contribution in [3.63, 3.8) is 0 Å². The molecular weight excluding hydrogens is 329 g/mol. The van der Waals surface area contributed by atoms with Crippen molar-refractivity contribution in [1.29, 1.82) is 0 Å². The van der Waals surface area contributed by atoms with Gasteiger partial charge in [0.05, 0.1) is 16.7 Å². The summed E-state index contributed by atoms with van der Waals surface area (Å²) in [5.74, 6) is -27.3. The number of rotatable bonds is 1. The lowest BCUT2D eigenvalue weighted by Gasteiger charge is -2.23. The monoisotopic (exact) mass is 330 g/mol. The van der Waals surface area contributed by atoms with Gasteiger partial charge in [-0.3, -0.25) is 0 Å². The molecule has 0 radical (unpaired) electrons. The molecule has 0 N–H and O–H groups in total. The molecule has 11 heteroatoms. The molecule has 1 aliphatic rings. The van der Waals surface area contributed by atoms with E-state index in [-0.39, 0.29) is 0 Å². The van der Waals surface area contributed by atoms with Gasteiger partial charge in [-0.05, 0) is 0 Å². The van der Waals surface area contributed by atoms with Gasteiger partial charge in [0.1, 0.15) is 5.82 Å². The minimum Gasteiger partial charge on any atom is -0.206 e. The Balaban J connectivity index is 3.02. The molecule has 0 saturated heterocycles. The molecule has 0 fully saturated rings. The Hall–Kier alpha value is -1.55. The van der Waals surface area contributed by atoms with Gasteiger partial charge in [-0.25, -0.2) is 22.0 Å². The van der Waals surface area contributed by atoms with Crippen molar-refractivity contribution in [3.05, 3.63) is 34.1 Å². The number of benzene rings is 1. The number of hydrogen-bond acceptors (Lipinski definition) is 0. The molecule has 0 aliphatic heterocycles. The summed E-state index contributed by atoms with van der Waals surface area (Å²) in [5, 5.41) is 0. The second kappa shape index (κ2) is 4.01. The third-order valence-electron chi connectivity index (χ3n) is 2.99. The Bertz CT molecular complexity index is 616. The van der Waals surface area contributed by atoms with Crippen LogP contribution in [0.2, 0.25) is 0 Å². The van der Waals surface area contributed by atoms with E-state index in [4.69, 9.17) is 0 Å². The number of alkyl halides is 8. The summed E-state index contributed by atoms with van der Waals surface area (Å²) in [7, 11) is 0.